The van der Waals surface area contributed by atoms with Crippen LogP contribution >= 0.6 is 34.8 Å². The Labute approximate surface area is 179 Å². The number of nitrogens with zero attached hydrogens (tertiary/aromatic N) is 3. The molecule has 7 nitrogen and oxygen atoms in total. The number of carbonyl (C=O) groups is 2. The van der Waals surface area contributed by atoms with Gasteiger partial charge in [-0.2, -0.15) is 0 Å². The number of pyridine rings is 1. The molecular formula is C14H17BCl3N4O3V. The number of methoxy groups -OCH3 is 1. The Hall–Kier alpha value is -0.731. The average Bonchev–Trinajstić information content (AvgIpc) is 2.88. The third kappa shape index (κ3) is 6.16. The maximum Gasteiger partial charge on any atom is 0.355 e. The number of aryl methyl sites for hydroxylation is 1. The summed E-state index contributed by atoms with van der Waals surface area (Å²) in [4.78, 5) is 30.0. The van der Waals surface area contributed by atoms with Crippen LogP contribution in [-0.2, 0) is 23.3 Å². The normalized spacial score (nSPS) is 10.7. The second-order valence-electron chi connectivity index (χ2n) is 5.08. The van der Waals surface area contributed by atoms with Gasteiger partial charge in [-0.15, -0.1) is 0 Å². The number of Topliss-reactive ketones (excluding diaryl/α,β-unsaturated/α-hetero) is 1. The van der Waals surface area contributed by atoms with Crippen molar-refractivity contribution in [3.8, 4) is 0 Å². The largest absolute Gasteiger partial charge is 0.464 e. The summed E-state index contributed by atoms with van der Waals surface area (Å²) in [6.07, 6.45) is 0. The van der Waals surface area contributed by atoms with E-state index in [4.69, 9.17) is 40.4 Å². The molecule has 0 aliphatic carbocycles. The van der Waals surface area contributed by atoms with Crippen LogP contribution in [0.15, 0.2) is 18.2 Å². The average molecular weight is 457 g/mol. The first-order valence-electron chi connectivity index (χ1n) is 6.94. The fraction of sp³-hybridized carbons (Fsp3) is 0.357. The number of ether oxygens (including phenoxy) is 1. The summed E-state index contributed by atoms with van der Waals surface area (Å²) in [7, 11) is 6.49. The zero-order valence-electron chi connectivity index (χ0n) is 14.5. The Morgan fingerprint density at radius 2 is 1.85 bits per heavy atom. The molecule has 2 heterocycles. The molecule has 0 aliphatic heterocycles. The summed E-state index contributed by atoms with van der Waals surface area (Å²) >= 11 is 16.9. The molecule has 0 atom stereocenters. The monoisotopic (exact) mass is 456 g/mol. The molecule has 26 heavy (non-hydrogen) atoms. The maximum atomic E-state index is 12.2. The summed E-state index contributed by atoms with van der Waals surface area (Å²) in [5.74, 6) is -1.38. The van der Waals surface area contributed by atoms with Gasteiger partial charge in [0, 0.05) is 18.6 Å². The molecule has 0 spiro atoms. The molecule has 0 amide bonds. The van der Waals surface area contributed by atoms with Crippen LogP contribution < -0.4 is 5.64 Å². The smallest absolute Gasteiger partial charge is 0.355 e. The number of imidazole rings is 1. The number of alkyl halides is 3. The Bertz CT molecular complexity index is 781. The minimum absolute atomic E-state index is 0. The van der Waals surface area contributed by atoms with Crippen molar-refractivity contribution in [3.05, 3.63) is 35.3 Å². The van der Waals surface area contributed by atoms with E-state index in [0.29, 0.717) is 11.3 Å². The third-order valence-electron chi connectivity index (χ3n) is 2.98. The Kier molecular flexibility index (Phi) is 10.3. The maximum absolute atomic E-state index is 12.2. The minimum Gasteiger partial charge on any atom is -0.464 e. The van der Waals surface area contributed by atoms with Crippen LogP contribution in [0.5, 0.6) is 0 Å². The van der Waals surface area contributed by atoms with Crippen molar-refractivity contribution in [3.63, 3.8) is 0 Å². The second-order valence-corrected chi connectivity index (χ2v) is 7.36. The molecule has 0 saturated carbocycles. The Morgan fingerprint density at radius 1 is 1.31 bits per heavy atom. The first-order valence-corrected chi connectivity index (χ1v) is 8.07. The van der Waals surface area contributed by atoms with E-state index in [1.807, 2.05) is 14.1 Å². The van der Waals surface area contributed by atoms with Crippen LogP contribution in [0.3, 0.4) is 0 Å². The molecule has 12 heteroatoms. The number of ketones is 1. The van der Waals surface area contributed by atoms with E-state index in [1.54, 1.807) is 23.9 Å². The van der Waals surface area contributed by atoms with Gasteiger partial charge in [-0.1, -0.05) is 40.9 Å². The first-order chi connectivity index (χ1) is 11.5. The van der Waals surface area contributed by atoms with Crippen molar-refractivity contribution in [2.24, 2.45) is 5.64 Å². The summed E-state index contributed by atoms with van der Waals surface area (Å²) in [6.45, 7) is 1.59. The topological polar surface area (TPSA) is 89.9 Å². The molecule has 2 radical (unpaired) electrons. The fourth-order valence-corrected chi connectivity index (χ4v) is 2.14. The van der Waals surface area contributed by atoms with Gasteiger partial charge in [0.1, 0.15) is 17.0 Å². The molecule has 0 fully saturated rings. The van der Waals surface area contributed by atoms with E-state index in [9.17, 15) is 9.59 Å². The van der Waals surface area contributed by atoms with E-state index in [0.717, 1.165) is 0 Å². The molecule has 0 aliphatic rings. The van der Waals surface area contributed by atoms with Crippen molar-refractivity contribution >= 4 is 59.8 Å². The first kappa shape index (κ1) is 25.3. The molecule has 2 N–H and O–H groups in total. The second kappa shape index (κ2) is 10.6. The summed E-state index contributed by atoms with van der Waals surface area (Å²) in [5, 5.41) is 0. The van der Waals surface area contributed by atoms with Gasteiger partial charge in [-0.25, -0.2) is 9.78 Å². The van der Waals surface area contributed by atoms with Gasteiger partial charge in [0.25, 0.3) is 3.79 Å². The predicted molar refractivity (Wildman–Crippen MR) is 99.5 cm³/mol. The van der Waals surface area contributed by atoms with Gasteiger partial charge >= 0.3 is 13.5 Å². The van der Waals surface area contributed by atoms with Gasteiger partial charge < -0.3 is 15.2 Å². The van der Waals surface area contributed by atoms with Crippen molar-refractivity contribution in [2.75, 3.05) is 21.2 Å². The molecule has 140 valence electrons. The van der Waals surface area contributed by atoms with Gasteiger partial charge in [0.2, 0.25) is 5.78 Å². The molecule has 2 aromatic rings. The zero-order chi connectivity index (χ0) is 19.4. The van der Waals surface area contributed by atoms with Gasteiger partial charge in [-0.3, -0.25) is 9.20 Å². The number of esters is 1. The van der Waals surface area contributed by atoms with E-state index in [2.05, 4.69) is 9.72 Å². The Morgan fingerprint density at radius 3 is 2.27 bits per heavy atom. The third-order valence-corrected chi connectivity index (χ3v) is 3.50. The number of fused-ring (bicyclic) bond motifs is 1. The molecular weight excluding hydrogens is 440 g/mol. The SMILES string of the molecule is CN(C)[B]N.COC(=O)c1cccc2nc(C)c(C(=O)C(Cl)(Cl)Cl)n12.[V]. The van der Waals surface area contributed by atoms with Crippen LogP contribution in [0.1, 0.15) is 26.7 Å². The fourth-order valence-electron chi connectivity index (χ4n) is 1.87. The van der Waals surface area contributed by atoms with E-state index in [-0.39, 0.29) is 29.9 Å². The van der Waals surface area contributed by atoms with Crippen LogP contribution in [0.4, 0.5) is 0 Å². The number of hydrogen-bond donors (Lipinski definition) is 1. The number of rotatable bonds is 3. The number of hydrogen-bond acceptors (Lipinski definition) is 6. The standard InChI is InChI=1S/C12H9Cl3N2O3.C2H8BN2.V/c1-6-9(10(18)12(13,14)15)17-7(11(19)20-2)4-3-5-8(17)16-6;1-5(2)3-4;/h3-5H,1-2H3;4H2,1-2H3;. The molecule has 0 unspecified atom stereocenters. The molecule has 2 aromatic heterocycles. The van der Waals surface area contributed by atoms with Gasteiger partial charge in [-0.05, 0) is 33.2 Å². The molecule has 0 bridgehead atoms. The number of aromatic nitrogens is 2. The quantitative estimate of drug-likeness (QED) is 0.328. The molecule has 2 rings (SSSR count). The van der Waals surface area contributed by atoms with Crippen molar-refractivity contribution in [1.29, 1.82) is 0 Å². The number of nitrogens with two attached hydrogens (primary N) is 1. The van der Waals surface area contributed by atoms with Crippen molar-refractivity contribution in [2.45, 2.75) is 10.7 Å². The van der Waals surface area contributed by atoms with Crippen molar-refractivity contribution < 1.29 is 32.9 Å². The van der Waals surface area contributed by atoms with Crippen LogP contribution in [0.2, 0.25) is 0 Å². The van der Waals surface area contributed by atoms with Crippen molar-refractivity contribution in [1.82, 2.24) is 14.2 Å². The van der Waals surface area contributed by atoms with E-state index >= 15 is 0 Å². The Balaban J connectivity index is 0.000000923. The van der Waals surface area contributed by atoms with Gasteiger partial charge in [0.15, 0.2) is 0 Å². The molecule has 0 saturated heterocycles. The van der Waals surface area contributed by atoms with Crippen LogP contribution in [0, 0.1) is 6.92 Å². The predicted octanol–water partition coefficient (Wildman–Crippen LogP) is 2.02. The molecule has 0 aromatic carbocycles. The number of halogens is 3. The van der Waals surface area contributed by atoms with Crippen LogP contribution in [0.25, 0.3) is 5.65 Å². The minimum atomic E-state index is -2.13. The van der Waals surface area contributed by atoms with E-state index < -0.39 is 15.5 Å². The zero-order valence-corrected chi connectivity index (χ0v) is 18.2. The van der Waals surface area contributed by atoms with Crippen LogP contribution in [-0.4, -0.2) is 58.5 Å². The number of carbonyl (C=O) groups excluding carboxylic acids is 2. The van der Waals surface area contributed by atoms with E-state index in [1.165, 1.54) is 25.1 Å². The van der Waals surface area contributed by atoms with Gasteiger partial charge in [0.05, 0.1) is 12.8 Å². The summed E-state index contributed by atoms with van der Waals surface area (Å²) in [6, 6.07) is 4.75. The summed E-state index contributed by atoms with van der Waals surface area (Å²) in [5.41, 5.74) is 5.89. The summed E-state index contributed by atoms with van der Waals surface area (Å²) < 4.78 is 3.87.